The minimum atomic E-state index is -0.993. The lowest BCUT2D eigenvalue weighted by Gasteiger charge is -2.51. The van der Waals surface area contributed by atoms with Crippen molar-refractivity contribution >= 4 is 29.6 Å². The highest BCUT2D eigenvalue weighted by Crippen LogP contribution is 2.46. The number of Topliss-reactive ketones (excluding diaryl/α,β-unsaturated/α-hetero) is 1. The van der Waals surface area contributed by atoms with Gasteiger partial charge in [0.15, 0.2) is 0 Å². The van der Waals surface area contributed by atoms with Gasteiger partial charge in [-0.15, -0.1) is 0 Å². The number of amides is 1. The number of halogens is 1. The molecule has 1 heterocycles. The van der Waals surface area contributed by atoms with Crippen molar-refractivity contribution in [1.82, 2.24) is 10.2 Å². The van der Waals surface area contributed by atoms with Crippen molar-refractivity contribution in [2.45, 2.75) is 58.1 Å². The number of benzene rings is 1. The Morgan fingerprint density at radius 2 is 2.03 bits per heavy atom. The van der Waals surface area contributed by atoms with E-state index in [9.17, 15) is 19.5 Å². The molecule has 0 aromatic heterocycles. The summed E-state index contributed by atoms with van der Waals surface area (Å²) in [6.07, 6.45) is 2.73. The van der Waals surface area contributed by atoms with Crippen molar-refractivity contribution < 1.29 is 19.5 Å². The van der Waals surface area contributed by atoms with Crippen LogP contribution >= 0.6 is 11.6 Å². The number of carbonyl (C=O) groups excluding carboxylic acids is 3. The van der Waals surface area contributed by atoms with Crippen LogP contribution in [-0.4, -0.2) is 53.7 Å². The lowest BCUT2D eigenvalue weighted by atomic mass is 9.66. The molecule has 2 fully saturated rings. The van der Waals surface area contributed by atoms with E-state index < -0.39 is 11.0 Å². The molecule has 7 heteroatoms. The molecule has 4 atom stereocenters. The first kappa shape index (κ1) is 23.9. The summed E-state index contributed by atoms with van der Waals surface area (Å²) in [7, 11) is 0. The lowest BCUT2D eigenvalue weighted by Crippen LogP contribution is -2.58. The molecule has 1 saturated heterocycles. The molecule has 2 N–H and O–H groups in total. The van der Waals surface area contributed by atoms with Crippen LogP contribution in [0.1, 0.15) is 52.0 Å². The zero-order chi connectivity index (χ0) is 22.8. The SMILES string of the molecule is C[C@@H](C=O)[C@H](CN1CC[C@](O)(c2ccc(Cl)cc2)C(C)(C)C1)NC(=O)C1CCC(=O)C1. The van der Waals surface area contributed by atoms with E-state index in [2.05, 4.69) is 10.2 Å². The quantitative estimate of drug-likeness (QED) is 0.626. The van der Waals surface area contributed by atoms with Gasteiger partial charge in [-0.2, -0.15) is 0 Å². The molecule has 170 valence electrons. The summed E-state index contributed by atoms with van der Waals surface area (Å²) in [6, 6.07) is 7.00. The minimum Gasteiger partial charge on any atom is -0.385 e. The zero-order valence-corrected chi connectivity index (χ0v) is 19.3. The third kappa shape index (κ3) is 5.18. The molecule has 1 aromatic rings. The summed E-state index contributed by atoms with van der Waals surface area (Å²) in [5.41, 5.74) is -0.595. The molecule has 0 bridgehead atoms. The molecule has 1 amide bonds. The van der Waals surface area contributed by atoms with Crippen LogP contribution in [0.25, 0.3) is 0 Å². The fraction of sp³-hybridized carbons (Fsp3) is 0.625. The Labute approximate surface area is 189 Å². The number of aliphatic hydroxyl groups is 1. The van der Waals surface area contributed by atoms with Gasteiger partial charge in [0.25, 0.3) is 0 Å². The third-order valence-electron chi connectivity index (χ3n) is 7.10. The maximum atomic E-state index is 12.7. The van der Waals surface area contributed by atoms with E-state index in [4.69, 9.17) is 11.6 Å². The maximum Gasteiger partial charge on any atom is 0.223 e. The van der Waals surface area contributed by atoms with Gasteiger partial charge in [0, 0.05) is 54.7 Å². The Morgan fingerprint density at radius 3 is 2.58 bits per heavy atom. The standard InChI is InChI=1S/C24H33ClN2O4/c1-16(14-28)21(26-22(30)17-4-9-20(29)12-17)13-27-11-10-24(31,23(2,3)15-27)18-5-7-19(25)8-6-18/h5-8,14,16-17,21,31H,4,9-13,15H2,1-3H3,(H,26,30)/t16-,17?,21-,24-/m0/s1. The van der Waals surface area contributed by atoms with Crippen LogP contribution in [0.2, 0.25) is 5.02 Å². The van der Waals surface area contributed by atoms with Crippen LogP contribution in [-0.2, 0) is 20.0 Å². The molecule has 1 saturated carbocycles. The minimum absolute atomic E-state index is 0.124. The molecule has 31 heavy (non-hydrogen) atoms. The number of ketones is 1. The molecule has 1 aliphatic heterocycles. The van der Waals surface area contributed by atoms with E-state index in [0.29, 0.717) is 50.3 Å². The van der Waals surface area contributed by atoms with Crippen LogP contribution in [0.5, 0.6) is 0 Å². The fourth-order valence-electron chi connectivity index (χ4n) is 4.90. The molecule has 0 spiro atoms. The van der Waals surface area contributed by atoms with Crippen LogP contribution in [0.3, 0.4) is 0 Å². The fourth-order valence-corrected chi connectivity index (χ4v) is 5.02. The van der Waals surface area contributed by atoms with Gasteiger partial charge in [-0.3, -0.25) is 9.59 Å². The van der Waals surface area contributed by atoms with Crippen molar-refractivity contribution in [2.24, 2.45) is 17.3 Å². The number of nitrogens with one attached hydrogen (secondary N) is 1. The Hall–Kier alpha value is -1.76. The Kier molecular flexibility index (Phi) is 7.24. The highest BCUT2D eigenvalue weighted by Gasteiger charge is 2.49. The second-order valence-corrected chi connectivity index (χ2v) is 10.3. The molecule has 1 aliphatic carbocycles. The number of rotatable bonds is 7. The summed E-state index contributed by atoms with van der Waals surface area (Å²) in [5, 5.41) is 15.2. The molecule has 1 unspecified atom stereocenters. The second-order valence-electron chi connectivity index (χ2n) is 9.82. The average Bonchev–Trinajstić information content (AvgIpc) is 3.16. The topological polar surface area (TPSA) is 86.7 Å². The lowest BCUT2D eigenvalue weighted by molar-refractivity contribution is -0.132. The predicted octanol–water partition coefficient (Wildman–Crippen LogP) is 2.95. The third-order valence-corrected chi connectivity index (χ3v) is 7.35. The molecule has 3 rings (SSSR count). The van der Waals surface area contributed by atoms with Crippen molar-refractivity contribution in [3.8, 4) is 0 Å². The van der Waals surface area contributed by atoms with Crippen LogP contribution in [0, 0.1) is 17.3 Å². The monoisotopic (exact) mass is 448 g/mol. The highest BCUT2D eigenvalue weighted by atomic mass is 35.5. The van der Waals surface area contributed by atoms with E-state index in [1.54, 1.807) is 19.1 Å². The largest absolute Gasteiger partial charge is 0.385 e. The zero-order valence-electron chi connectivity index (χ0n) is 18.6. The van der Waals surface area contributed by atoms with E-state index in [1.807, 2.05) is 26.0 Å². The second kappa shape index (κ2) is 9.39. The van der Waals surface area contributed by atoms with E-state index >= 15 is 0 Å². The van der Waals surface area contributed by atoms with Gasteiger partial charge in [0.1, 0.15) is 12.1 Å². The molecule has 2 aliphatic rings. The summed E-state index contributed by atoms with van der Waals surface area (Å²) in [4.78, 5) is 37.9. The summed E-state index contributed by atoms with van der Waals surface area (Å²) < 4.78 is 0. The first-order valence-electron chi connectivity index (χ1n) is 11.0. The van der Waals surface area contributed by atoms with Gasteiger partial charge < -0.3 is 20.1 Å². The maximum absolute atomic E-state index is 12.7. The predicted molar refractivity (Wildman–Crippen MR) is 120 cm³/mol. The number of nitrogens with zero attached hydrogens (tertiary/aromatic N) is 1. The summed E-state index contributed by atoms with van der Waals surface area (Å²) >= 11 is 6.02. The summed E-state index contributed by atoms with van der Waals surface area (Å²) in [5.74, 6) is -0.652. The number of likely N-dealkylation sites (tertiary alicyclic amines) is 1. The van der Waals surface area contributed by atoms with Gasteiger partial charge >= 0.3 is 0 Å². The first-order valence-corrected chi connectivity index (χ1v) is 11.4. The average molecular weight is 449 g/mol. The number of carbonyl (C=O) groups is 3. The van der Waals surface area contributed by atoms with Crippen molar-refractivity contribution in [1.29, 1.82) is 0 Å². The number of piperidine rings is 1. The van der Waals surface area contributed by atoms with E-state index in [0.717, 1.165) is 11.8 Å². The van der Waals surface area contributed by atoms with Gasteiger partial charge in [-0.25, -0.2) is 0 Å². The molecule has 0 radical (unpaired) electrons. The van der Waals surface area contributed by atoms with Gasteiger partial charge in [-0.1, -0.05) is 44.5 Å². The van der Waals surface area contributed by atoms with E-state index in [-0.39, 0.29) is 29.6 Å². The smallest absolute Gasteiger partial charge is 0.223 e. The number of hydrogen-bond donors (Lipinski definition) is 2. The Balaban J connectivity index is 1.69. The normalized spacial score (nSPS) is 28.2. The van der Waals surface area contributed by atoms with Crippen molar-refractivity contribution in [3.05, 3.63) is 34.9 Å². The van der Waals surface area contributed by atoms with Crippen LogP contribution < -0.4 is 5.32 Å². The number of hydrogen-bond acceptors (Lipinski definition) is 5. The Morgan fingerprint density at radius 1 is 1.35 bits per heavy atom. The molecular weight excluding hydrogens is 416 g/mol. The Bertz CT molecular complexity index is 825. The van der Waals surface area contributed by atoms with Gasteiger partial charge in [0.05, 0.1) is 11.6 Å². The molecule has 1 aromatic carbocycles. The molecule has 6 nitrogen and oxygen atoms in total. The summed E-state index contributed by atoms with van der Waals surface area (Å²) in [6.45, 7) is 7.65. The van der Waals surface area contributed by atoms with Crippen LogP contribution in [0.15, 0.2) is 24.3 Å². The molecular formula is C24H33ClN2O4. The van der Waals surface area contributed by atoms with Crippen molar-refractivity contribution in [3.63, 3.8) is 0 Å². The first-order chi connectivity index (χ1) is 14.6. The van der Waals surface area contributed by atoms with Crippen molar-refractivity contribution in [2.75, 3.05) is 19.6 Å². The van der Waals surface area contributed by atoms with Gasteiger partial charge in [0.2, 0.25) is 5.91 Å². The van der Waals surface area contributed by atoms with Crippen LogP contribution in [0.4, 0.5) is 0 Å². The van der Waals surface area contributed by atoms with E-state index in [1.165, 1.54) is 0 Å². The number of aldehydes is 1. The van der Waals surface area contributed by atoms with Gasteiger partial charge in [-0.05, 0) is 30.5 Å². The highest BCUT2D eigenvalue weighted by molar-refractivity contribution is 6.30.